The third-order valence-electron chi connectivity index (χ3n) is 1.79. The molecule has 0 spiro atoms. The van der Waals surface area contributed by atoms with Crippen LogP contribution in [0.3, 0.4) is 0 Å². The highest BCUT2D eigenvalue weighted by Crippen LogP contribution is 2.14. The molecule has 0 aromatic heterocycles. The number of methoxy groups -OCH3 is 1. The number of amidine groups is 1. The normalized spacial score (nSPS) is 12.1. The lowest BCUT2D eigenvalue weighted by Crippen LogP contribution is -2.30. The Hall–Kier alpha value is -1.70. The summed E-state index contributed by atoms with van der Waals surface area (Å²) in [6.07, 6.45) is -0.942. The number of ether oxygens (including phenoxy) is 1. The number of oxime groups is 1. The molecule has 0 saturated carbocycles. The minimum atomic E-state index is -0.866. The summed E-state index contributed by atoms with van der Waals surface area (Å²) >= 11 is 0. The van der Waals surface area contributed by atoms with Gasteiger partial charge in [-0.25, -0.2) is 4.79 Å². The van der Waals surface area contributed by atoms with Gasteiger partial charge in [-0.15, -0.1) is 0 Å². The van der Waals surface area contributed by atoms with Gasteiger partial charge in [-0.05, 0) is 18.8 Å². The number of rotatable bonds is 4. The quantitative estimate of drug-likeness (QED) is 0.254. The fourth-order valence-electron chi connectivity index (χ4n) is 0.723. The Morgan fingerprint density at radius 1 is 1.56 bits per heavy atom. The van der Waals surface area contributed by atoms with E-state index < -0.39 is 22.5 Å². The molecule has 0 saturated heterocycles. The molecule has 1 amide bonds. The average Bonchev–Trinajstić information content (AvgIpc) is 2.23. The minimum Gasteiger partial charge on any atom is -0.378 e. The van der Waals surface area contributed by atoms with E-state index in [1.165, 1.54) is 14.2 Å². The van der Waals surface area contributed by atoms with Gasteiger partial charge in [0.1, 0.15) is 0 Å². The Labute approximate surface area is 92.7 Å². The maximum Gasteiger partial charge on any atom is 0.457 e. The molecule has 0 unspecified atom stereocenters. The molecular weight excluding hydrogens is 218 g/mol. The van der Waals surface area contributed by atoms with E-state index in [9.17, 15) is 14.9 Å². The van der Waals surface area contributed by atoms with Gasteiger partial charge in [0.25, 0.3) is 0 Å². The van der Waals surface area contributed by atoms with Crippen molar-refractivity contribution in [3.8, 4) is 0 Å². The second kappa shape index (κ2) is 6.01. The van der Waals surface area contributed by atoms with Gasteiger partial charge in [0, 0.05) is 14.2 Å². The number of nitrogens with zero attached hydrogens (tertiary/aromatic N) is 2. The van der Waals surface area contributed by atoms with Crippen LogP contribution in [0.2, 0.25) is 0 Å². The van der Waals surface area contributed by atoms with E-state index in [0.717, 1.165) is 0 Å². The van der Waals surface area contributed by atoms with Gasteiger partial charge in [-0.2, -0.15) is 4.84 Å². The molecule has 0 aromatic carbocycles. The fourth-order valence-corrected chi connectivity index (χ4v) is 0.723. The first-order chi connectivity index (χ1) is 7.32. The molecule has 8 nitrogen and oxygen atoms in total. The second-order valence-electron chi connectivity index (χ2n) is 3.53. The van der Waals surface area contributed by atoms with Crippen molar-refractivity contribution in [2.45, 2.75) is 25.9 Å². The lowest BCUT2D eigenvalue weighted by molar-refractivity contribution is -0.357. The van der Waals surface area contributed by atoms with Gasteiger partial charge in [0.2, 0.25) is 0 Å². The molecule has 16 heavy (non-hydrogen) atoms. The zero-order valence-corrected chi connectivity index (χ0v) is 9.64. The van der Waals surface area contributed by atoms with Crippen LogP contribution in [0.4, 0.5) is 4.79 Å². The van der Waals surface area contributed by atoms with Gasteiger partial charge in [0.05, 0.1) is 12.0 Å². The molecule has 0 atom stereocenters. The van der Waals surface area contributed by atoms with E-state index in [2.05, 4.69) is 15.3 Å². The lowest BCUT2D eigenvalue weighted by Gasteiger charge is -2.19. The molecule has 0 aromatic rings. The summed E-state index contributed by atoms with van der Waals surface area (Å²) in [6.45, 7) is 3.32. The molecular formula is C8H15N3O5. The smallest absolute Gasteiger partial charge is 0.378 e. The summed E-state index contributed by atoms with van der Waals surface area (Å²) in [6, 6.07) is 0. The van der Waals surface area contributed by atoms with E-state index in [4.69, 9.17) is 4.74 Å². The van der Waals surface area contributed by atoms with Crippen molar-refractivity contribution in [2.75, 3.05) is 14.2 Å². The summed E-state index contributed by atoms with van der Waals surface area (Å²) < 4.78 is 5.01. The summed E-state index contributed by atoms with van der Waals surface area (Å²) in [5.41, 5.74) is -0.752. The number of nitrogens with one attached hydrogen (secondary N) is 1. The molecule has 0 radical (unpaired) electrons. The number of hydrogen-bond donors (Lipinski definition) is 1. The van der Waals surface area contributed by atoms with Crippen molar-refractivity contribution >= 4 is 11.9 Å². The van der Waals surface area contributed by atoms with Crippen molar-refractivity contribution in [1.29, 1.82) is 0 Å². The summed E-state index contributed by atoms with van der Waals surface area (Å²) in [5, 5.41) is 15.9. The van der Waals surface area contributed by atoms with E-state index >= 15 is 0 Å². The Balaban J connectivity index is 4.63. The molecule has 1 N–H and O–H groups in total. The van der Waals surface area contributed by atoms with Gasteiger partial charge in [-0.1, -0.05) is 0 Å². The summed E-state index contributed by atoms with van der Waals surface area (Å²) in [5.74, 6) is -0.476. The third kappa shape index (κ3) is 5.25. The van der Waals surface area contributed by atoms with Crippen molar-refractivity contribution < 1.29 is 19.3 Å². The predicted octanol–water partition coefficient (Wildman–Crippen LogP) is 0.748. The molecule has 0 rings (SSSR count). The average molecular weight is 233 g/mol. The third-order valence-corrected chi connectivity index (χ3v) is 1.79. The van der Waals surface area contributed by atoms with Gasteiger partial charge in [-0.3, -0.25) is 0 Å². The van der Waals surface area contributed by atoms with E-state index in [1.807, 2.05) is 0 Å². The monoisotopic (exact) mass is 233 g/mol. The van der Waals surface area contributed by atoms with Crippen LogP contribution in [-0.4, -0.2) is 36.6 Å². The Morgan fingerprint density at radius 3 is 2.50 bits per heavy atom. The maximum absolute atomic E-state index is 10.7. The molecule has 0 aliphatic heterocycles. The first kappa shape index (κ1) is 14.3. The predicted molar refractivity (Wildman–Crippen MR) is 55.7 cm³/mol. The Kier molecular flexibility index (Phi) is 5.37. The standard InChI is InChI=1S/C8H15N3O5/c1-8(2,15-4)5-6(11(13)14)10-16-7(12)9-3/h5H2,1-4H3,(H,9,12). The van der Waals surface area contributed by atoms with Crippen molar-refractivity contribution in [3.05, 3.63) is 10.1 Å². The summed E-state index contributed by atoms with van der Waals surface area (Å²) in [7, 11) is 2.75. The largest absolute Gasteiger partial charge is 0.457 e. The van der Waals surface area contributed by atoms with Crippen LogP contribution in [0.25, 0.3) is 0 Å². The van der Waals surface area contributed by atoms with Gasteiger partial charge < -0.3 is 20.2 Å². The second-order valence-corrected chi connectivity index (χ2v) is 3.53. The Morgan fingerprint density at radius 2 is 2.12 bits per heavy atom. The SMILES string of the molecule is CNC(=O)ON=C(CC(C)(C)OC)[N+](=O)[O-]. The van der Waals surface area contributed by atoms with Crippen LogP contribution in [0.1, 0.15) is 20.3 Å². The number of carbonyl (C=O) groups is 1. The van der Waals surface area contributed by atoms with Crippen LogP contribution >= 0.6 is 0 Å². The zero-order chi connectivity index (χ0) is 12.8. The highest BCUT2D eigenvalue weighted by Gasteiger charge is 2.28. The van der Waals surface area contributed by atoms with Crippen molar-refractivity contribution in [1.82, 2.24) is 5.32 Å². The number of amides is 1. The minimum absolute atomic E-state index is 0.0759. The van der Waals surface area contributed by atoms with Crippen LogP contribution in [-0.2, 0) is 9.57 Å². The highest BCUT2D eigenvalue weighted by molar-refractivity contribution is 5.76. The Bertz CT molecular complexity index is 300. The van der Waals surface area contributed by atoms with Gasteiger partial charge >= 0.3 is 11.9 Å². The van der Waals surface area contributed by atoms with Crippen LogP contribution < -0.4 is 5.32 Å². The van der Waals surface area contributed by atoms with Crippen LogP contribution in [0, 0.1) is 10.1 Å². The molecule has 0 fully saturated rings. The first-order valence-electron chi connectivity index (χ1n) is 4.47. The van der Waals surface area contributed by atoms with Gasteiger partial charge in [0.15, 0.2) is 5.16 Å². The number of hydrogen-bond acceptors (Lipinski definition) is 6. The van der Waals surface area contributed by atoms with Crippen molar-refractivity contribution in [3.63, 3.8) is 0 Å². The molecule has 8 heteroatoms. The zero-order valence-electron chi connectivity index (χ0n) is 9.64. The molecule has 0 aliphatic rings. The number of carbonyl (C=O) groups excluding carboxylic acids is 1. The topological polar surface area (TPSA) is 103 Å². The highest BCUT2D eigenvalue weighted by atomic mass is 16.7. The first-order valence-corrected chi connectivity index (χ1v) is 4.47. The number of nitro groups is 1. The lowest BCUT2D eigenvalue weighted by atomic mass is 10.1. The van der Waals surface area contributed by atoms with E-state index in [1.54, 1.807) is 13.8 Å². The summed E-state index contributed by atoms with van der Waals surface area (Å²) in [4.78, 5) is 24.8. The van der Waals surface area contributed by atoms with Crippen molar-refractivity contribution in [2.24, 2.45) is 5.16 Å². The van der Waals surface area contributed by atoms with Crippen LogP contribution in [0.15, 0.2) is 5.16 Å². The van der Waals surface area contributed by atoms with E-state index in [-0.39, 0.29) is 6.42 Å². The molecule has 0 heterocycles. The fraction of sp³-hybridized carbons (Fsp3) is 0.750. The van der Waals surface area contributed by atoms with Crippen LogP contribution in [0.5, 0.6) is 0 Å². The maximum atomic E-state index is 10.7. The van der Waals surface area contributed by atoms with E-state index in [0.29, 0.717) is 0 Å². The molecule has 92 valence electrons. The molecule has 0 bridgehead atoms. The molecule has 0 aliphatic carbocycles.